The van der Waals surface area contributed by atoms with E-state index in [9.17, 15) is 0 Å². The number of aromatic nitrogens is 2. The van der Waals surface area contributed by atoms with E-state index < -0.39 is 0 Å². The van der Waals surface area contributed by atoms with Crippen LogP contribution in [0.4, 0.5) is 0 Å². The normalized spacial score (nSPS) is 11.1. The fourth-order valence-corrected chi connectivity index (χ4v) is 2.37. The summed E-state index contributed by atoms with van der Waals surface area (Å²) in [4.78, 5) is 13.4. The Morgan fingerprint density at radius 2 is 1.17 bits per heavy atom. The highest BCUT2D eigenvalue weighted by molar-refractivity contribution is 5.16. The van der Waals surface area contributed by atoms with Crippen molar-refractivity contribution in [3.05, 3.63) is 47.8 Å². The molecule has 0 aliphatic heterocycles. The third kappa shape index (κ3) is 5.79. The van der Waals surface area contributed by atoms with Gasteiger partial charge >= 0.3 is 0 Å². The zero-order valence-electron chi connectivity index (χ0n) is 14.9. The van der Waals surface area contributed by atoms with E-state index >= 15 is 0 Å². The highest BCUT2D eigenvalue weighted by Crippen LogP contribution is 2.10. The van der Waals surface area contributed by atoms with Crippen molar-refractivity contribution in [3.8, 4) is 11.8 Å². The maximum atomic E-state index is 5.16. The first-order valence-electron chi connectivity index (χ1n) is 7.97. The van der Waals surface area contributed by atoms with Crippen LogP contribution in [0.1, 0.15) is 11.4 Å². The predicted molar refractivity (Wildman–Crippen MR) is 94.2 cm³/mol. The minimum absolute atomic E-state index is 0.655. The van der Waals surface area contributed by atoms with Gasteiger partial charge < -0.3 is 9.47 Å². The van der Waals surface area contributed by atoms with Gasteiger partial charge in [0.15, 0.2) is 0 Å². The number of hydrogen-bond donors (Lipinski definition) is 0. The van der Waals surface area contributed by atoms with Crippen molar-refractivity contribution in [2.24, 2.45) is 0 Å². The van der Waals surface area contributed by atoms with E-state index in [0.29, 0.717) is 11.8 Å². The van der Waals surface area contributed by atoms with E-state index in [0.717, 1.165) is 37.6 Å². The molecule has 0 atom stereocenters. The molecule has 2 aromatic rings. The van der Waals surface area contributed by atoms with Crippen LogP contribution in [0.25, 0.3) is 0 Å². The van der Waals surface area contributed by atoms with E-state index in [4.69, 9.17) is 9.47 Å². The summed E-state index contributed by atoms with van der Waals surface area (Å²) in [7, 11) is 7.46. The molecule has 0 fully saturated rings. The molecule has 2 heterocycles. The van der Waals surface area contributed by atoms with Crippen molar-refractivity contribution in [1.29, 1.82) is 0 Å². The molecule has 130 valence electrons. The third-order valence-corrected chi connectivity index (χ3v) is 3.71. The Morgan fingerprint density at radius 1 is 0.750 bits per heavy atom. The van der Waals surface area contributed by atoms with E-state index in [2.05, 4.69) is 33.9 Å². The molecule has 0 amide bonds. The molecule has 2 aromatic heterocycles. The minimum atomic E-state index is 0.655. The molecule has 0 saturated heterocycles. The van der Waals surface area contributed by atoms with Crippen LogP contribution in [0.5, 0.6) is 11.8 Å². The third-order valence-electron chi connectivity index (χ3n) is 3.71. The van der Waals surface area contributed by atoms with Crippen molar-refractivity contribution in [2.45, 2.75) is 13.1 Å². The summed E-state index contributed by atoms with van der Waals surface area (Å²) in [6, 6.07) is 11.7. The van der Waals surface area contributed by atoms with Crippen LogP contribution in [0.2, 0.25) is 0 Å². The summed E-state index contributed by atoms with van der Waals surface area (Å²) in [5.41, 5.74) is 2.02. The molecule has 6 heteroatoms. The zero-order valence-corrected chi connectivity index (χ0v) is 14.9. The van der Waals surface area contributed by atoms with Gasteiger partial charge in [-0.3, -0.25) is 9.80 Å². The standard InChI is InChI=1S/C18H26N4O2/c1-21(13-15-7-5-9-17(19-15)23-3)11-12-22(2)14-16-8-6-10-18(20-16)24-4/h5-10H,11-14H2,1-4H3. The molecular weight excluding hydrogens is 304 g/mol. The lowest BCUT2D eigenvalue weighted by molar-refractivity contribution is 0.243. The van der Waals surface area contributed by atoms with Crippen LogP contribution in [0, 0.1) is 0 Å². The first-order chi connectivity index (χ1) is 11.6. The largest absolute Gasteiger partial charge is 0.481 e. The van der Waals surface area contributed by atoms with E-state index in [1.165, 1.54) is 0 Å². The molecule has 24 heavy (non-hydrogen) atoms. The Morgan fingerprint density at radius 3 is 1.54 bits per heavy atom. The number of nitrogens with zero attached hydrogens (tertiary/aromatic N) is 4. The number of hydrogen-bond acceptors (Lipinski definition) is 6. The van der Waals surface area contributed by atoms with Gasteiger partial charge in [-0.15, -0.1) is 0 Å². The second-order valence-electron chi connectivity index (χ2n) is 5.82. The summed E-state index contributed by atoms with van der Waals surface area (Å²) in [6.07, 6.45) is 0. The van der Waals surface area contributed by atoms with Gasteiger partial charge in [-0.1, -0.05) is 12.1 Å². The second-order valence-corrected chi connectivity index (χ2v) is 5.82. The Kier molecular flexibility index (Phi) is 6.96. The minimum Gasteiger partial charge on any atom is -0.481 e. The molecule has 0 N–H and O–H groups in total. The molecule has 0 bridgehead atoms. The van der Waals surface area contributed by atoms with Crippen LogP contribution >= 0.6 is 0 Å². The van der Waals surface area contributed by atoms with Gasteiger partial charge in [0, 0.05) is 38.3 Å². The van der Waals surface area contributed by atoms with Crippen molar-refractivity contribution in [1.82, 2.24) is 19.8 Å². The number of methoxy groups -OCH3 is 2. The summed E-state index contributed by atoms with van der Waals surface area (Å²) < 4.78 is 10.3. The molecule has 0 aromatic carbocycles. The molecule has 2 rings (SSSR count). The van der Waals surface area contributed by atoms with Crippen molar-refractivity contribution in [3.63, 3.8) is 0 Å². The first kappa shape index (κ1) is 18.2. The molecule has 0 saturated carbocycles. The summed E-state index contributed by atoms with van der Waals surface area (Å²) in [6.45, 7) is 3.48. The van der Waals surface area contributed by atoms with Crippen LogP contribution in [0.15, 0.2) is 36.4 Å². The first-order valence-corrected chi connectivity index (χ1v) is 7.97. The summed E-state index contributed by atoms with van der Waals surface area (Å²) >= 11 is 0. The highest BCUT2D eigenvalue weighted by Gasteiger charge is 2.07. The summed E-state index contributed by atoms with van der Waals surface area (Å²) in [5, 5.41) is 0. The SMILES string of the molecule is COc1cccc(CN(C)CCN(C)Cc2cccc(OC)n2)n1. The summed E-state index contributed by atoms with van der Waals surface area (Å²) in [5.74, 6) is 1.31. The van der Waals surface area contributed by atoms with E-state index in [-0.39, 0.29) is 0 Å². The van der Waals surface area contributed by atoms with Gasteiger partial charge in [-0.2, -0.15) is 0 Å². The van der Waals surface area contributed by atoms with Crippen LogP contribution in [-0.4, -0.2) is 61.2 Å². The van der Waals surface area contributed by atoms with Crippen molar-refractivity contribution < 1.29 is 9.47 Å². The smallest absolute Gasteiger partial charge is 0.213 e. The van der Waals surface area contributed by atoms with Gasteiger partial charge in [-0.25, -0.2) is 9.97 Å². The quantitative estimate of drug-likeness (QED) is 0.701. The number of pyridine rings is 2. The molecule has 6 nitrogen and oxygen atoms in total. The molecule has 0 radical (unpaired) electrons. The Hall–Kier alpha value is -2.18. The zero-order chi connectivity index (χ0) is 17.4. The fraction of sp³-hybridized carbons (Fsp3) is 0.444. The van der Waals surface area contributed by atoms with Gasteiger partial charge in [0.25, 0.3) is 0 Å². The Balaban J connectivity index is 1.78. The molecule has 0 aliphatic carbocycles. The maximum Gasteiger partial charge on any atom is 0.213 e. The average molecular weight is 330 g/mol. The van der Waals surface area contributed by atoms with Gasteiger partial charge in [0.05, 0.1) is 25.6 Å². The van der Waals surface area contributed by atoms with E-state index in [1.807, 2.05) is 36.4 Å². The van der Waals surface area contributed by atoms with Crippen LogP contribution in [-0.2, 0) is 13.1 Å². The topological polar surface area (TPSA) is 50.7 Å². The maximum absolute atomic E-state index is 5.16. The average Bonchev–Trinajstić information content (AvgIpc) is 2.60. The highest BCUT2D eigenvalue weighted by atomic mass is 16.5. The van der Waals surface area contributed by atoms with Gasteiger partial charge in [0.2, 0.25) is 11.8 Å². The lowest BCUT2D eigenvalue weighted by Gasteiger charge is -2.21. The monoisotopic (exact) mass is 330 g/mol. The Labute approximate surface area is 144 Å². The van der Waals surface area contributed by atoms with Crippen LogP contribution in [0.3, 0.4) is 0 Å². The van der Waals surface area contributed by atoms with Gasteiger partial charge in [-0.05, 0) is 26.2 Å². The number of ether oxygens (including phenoxy) is 2. The van der Waals surface area contributed by atoms with Crippen molar-refractivity contribution >= 4 is 0 Å². The fourth-order valence-electron chi connectivity index (χ4n) is 2.37. The lowest BCUT2D eigenvalue weighted by atomic mass is 10.3. The van der Waals surface area contributed by atoms with Gasteiger partial charge in [0.1, 0.15) is 0 Å². The van der Waals surface area contributed by atoms with E-state index in [1.54, 1.807) is 14.2 Å². The molecule has 0 spiro atoms. The molecule has 0 unspecified atom stereocenters. The molecular formula is C18H26N4O2. The van der Waals surface area contributed by atoms with Crippen molar-refractivity contribution in [2.75, 3.05) is 41.4 Å². The second kappa shape index (κ2) is 9.20. The predicted octanol–water partition coefficient (Wildman–Crippen LogP) is 2.06. The lowest BCUT2D eigenvalue weighted by Crippen LogP contribution is -2.30. The molecule has 0 aliphatic rings. The van der Waals surface area contributed by atoms with Crippen LogP contribution < -0.4 is 9.47 Å². The number of likely N-dealkylation sites (N-methyl/N-ethyl adjacent to an activating group) is 2. The Bertz CT molecular complexity index is 580. The number of rotatable bonds is 9.